The van der Waals surface area contributed by atoms with Gasteiger partial charge in [0.15, 0.2) is 9.84 Å². The van der Waals surface area contributed by atoms with E-state index >= 15 is 0 Å². The number of alkyl halides is 6. The lowest BCUT2D eigenvalue weighted by atomic mass is 9.88. The summed E-state index contributed by atoms with van der Waals surface area (Å²) < 4.78 is 128. The van der Waals surface area contributed by atoms with Crippen LogP contribution in [0.4, 0.5) is 35.5 Å². The molecule has 0 radical (unpaired) electrons. The van der Waals surface area contributed by atoms with Crippen molar-refractivity contribution in [3.05, 3.63) is 65.5 Å². The Morgan fingerprint density at radius 1 is 0.818 bits per heavy atom. The quantitative estimate of drug-likeness (QED) is 0.329. The molecular formula is C28H30F7N3O5S. The zero-order valence-corrected chi connectivity index (χ0v) is 24.5. The number of likely N-dealkylation sites (tertiary alicyclic amines) is 1. The molecule has 2 aromatic carbocycles. The van der Waals surface area contributed by atoms with Crippen molar-refractivity contribution >= 4 is 21.8 Å². The van der Waals surface area contributed by atoms with Crippen LogP contribution in [0.2, 0.25) is 0 Å². The van der Waals surface area contributed by atoms with Crippen LogP contribution in [-0.4, -0.2) is 93.3 Å². The van der Waals surface area contributed by atoms with Gasteiger partial charge in [-0.05, 0) is 43.2 Å². The van der Waals surface area contributed by atoms with E-state index in [2.05, 4.69) is 4.74 Å². The molecule has 2 aromatic rings. The Morgan fingerprint density at radius 2 is 1.34 bits per heavy atom. The number of urea groups is 1. The molecular weight excluding hydrogens is 623 g/mol. The number of hydrogen-bond donors (Lipinski definition) is 0. The predicted molar refractivity (Wildman–Crippen MR) is 143 cm³/mol. The molecule has 2 heterocycles. The van der Waals surface area contributed by atoms with Crippen molar-refractivity contribution < 1.29 is 53.5 Å². The van der Waals surface area contributed by atoms with Crippen LogP contribution >= 0.6 is 0 Å². The van der Waals surface area contributed by atoms with Crippen molar-refractivity contribution in [1.82, 2.24) is 14.7 Å². The zero-order valence-electron chi connectivity index (χ0n) is 23.7. The Kier molecular flexibility index (Phi) is 9.01. The maximum atomic E-state index is 14.1. The lowest BCUT2D eigenvalue weighted by molar-refractivity contribution is -0.388. The highest BCUT2D eigenvalue weighted by molar-refractivity contribution is 7.92. The summed E-state index contributed by atoms with van der Waals surface area (Å²) in [6.07, 6.45) is -12.1. The largest absolute Gasteiger partial charge is 0.430 e. The number of piperazine rings is 1. The first kappa shape index (κ1) is 33.5. The molecule has 4 rings (SSSR count). The third kappa shape index (κ3) is 5.61. The number of nitrogens with zero attached hydrogens (tertiary/aromatic N) is 3. The summed E-state index contributed by atoms with van der Waals surface area (Å²) in [5.41, 5.74) is -6.13. The number of carbonyl (C=O) groups excluding carboxylic acids is 2. The van der Waals surface area contributed by atoms with Crippen molar-refractivity contribution in [2.75, 3.05) is 45.9 Å². The first-order valence-electron chi connectivity index (χ1n) is 13.6. The van der Waals surface area contributed by atoms with Crippen molar-refractivity contribution in [3.63, 3.8) is 0 Å². The Bertz CT molecular complexity index is 1460. The van der Waals surface area contributed by atoms with E-state index in [9.17, 15) is 48.7 Å². The van der Waals surface area contributed by atoms with Crippen LogP contribution in [-0.2, 0) is 29.7 Å². The van der Waals surface area contributed by atoms with Crippen LogP contribution in [0.1, 0.15) is 31.4 Å². The van der Waals surface area contributed by atoms with E-state index in [1.807, 2.05) is 0 Å². The van der Waals surface area contributed by atoms with E-state index in [1.165, 1.54) is 16.7 Å². The summed E-state index contributed by atoms with van der Waals surface area (Å²) in [4.78, 5) is 29.0. The first-order chi connectivity index (χ1) is 20.4. The maximum Gasteiger partial charge on any atom is 0.430 e. The standard InChI is InChI=1S/C28H30F7N3O5S/c1-3-43-26(27(30,31)32,28(33,34)35)21-6-4-20(5-7-21)25(44(41,42)23-10-8-22(29)9-11-23)12-13-38(18-25)24(40)37-16-14-36(15-17-37)19(2)39/h4-11H,3,12-18H2,1-2H3/t25-/m0/s1. The molecule has 3 amide bonds. The third-order valence-corrected chi connectivity index (χ3v) is 10.6. The predicted octanol–water partition coefficient (Wildman–Crippen LogP) is 4.84. The number of hydrogen-bond acceptors (Lipinski definition) is 5. The molecule has 8 nitrogen and oxygen atoms in total. The highest BCUT2D eigenvalue weighted by Crippen LogP contribution is 2.53. The second-order valence-electron chi connectivity index (χ2n) is 10.6. The molecule has 0 aliphatic carbocycles. The molecule has 44 heavy (non-hydrogen) atoms. The molecule has 242 valence electrons. The van der Waals surface area contributed by atoms with Crippen molar-refractivity contribution in [2.24, 2.45) is 0 Å². The highest BCUT2D eigenvalue weighted by Gasteiger charge is 2.73. The first-order valence-corrected chi connectivity index (χ1v) is 15.1. The molecule has 0 bridgehead atoms. The van der Waals surface area contributed by atoms with Gasteiger partial charge in [0.1, 0.15) is 10.6 Å². The lowest BCUT2D eigenvalue weighted by Crippen LogP contribution is -2.56. The molecule has 2 fully saturated rings. The number of carbonyl (C=O) groups is 2. The second kappa shape index (κ2) is 11.8. The fourth-order valence-corrected chi connectivity index (χ4v) is 7.85. The fourth-order valence-electron chi connectivity index (χ4n) is 5.77. The average Bonchev–Trinajstić information content (AvgIpc) is 3.42. The van der Waals surface area contributed by atoms with E-state index in [0.29, 0.717) is 12.1 Å². The van der Waals surface area contributed by atoms with Gasteiger partial charge in [0.25, 0.3) is 5.60 Å². The van der Waals surface area contributed by atoms with Gasteiger partial charge in [-0.15, -0.1) is 0 Å². The van der Waals surface area contributed by atoms with Crippen LogP contribution in [0.5, 0.6) is 0 Å². The summed E-state index contributed by atoms with van der Waals surface area (Å²) in [5.74, 6) is -0.905. The molecule has 16 heteroatoms. The molecule has 0 aromatic heterocycles. The van der Waals surface area contributed by atoms with Gasteiger partial charge in [-0.2, -0.15) is 26.3 Å². The molecule has 2 saturated heterocycles. The Morgan fingerprint density at radius 3 is 1.82 bits per heavy atom. The smallest absolute Gasteiger partial charge is 0.354 e. The molecule has 2 aliphatic heterocycles. The van der Waals surface area contributed by atoms with Gasteiger partial charge in [-0.1, -0.05) is 24.3 Å². The molecule has 1 atom stereocenters. The topological polar surface area (TPSA) is 87.2 Å². The highest BCUT2D eigenvalue weighted by atomic mass is 32.2. The second-order valence-corrected chi connectivity index (χ2v) is 12.8. The van der Waals surface area contributed by atoms with Gasteiger partial charge < -0.3 is 19.4 Å². The van der Waals surface area contributed by atoms with Crippen molar-refractivity contribution in [2.45, 2.75) is 47.9 Å². The van der Waals surface area contributed by atoms with E-state index in [1.54, 1.807) is 4.90 Å². The number of rotatable bonds is 6. The van der Waals surface area contributed by atoms with Crippen LogP contribution in [0.15, 0.2) is 53.4 Å². The molecule has 0 saturated carbocycles. The Balaban J connectivity index is 1.77. The number of halogens is 7. The maximum absolute atomic E-state index is 14.1. The number of ether oxygens (including phenoxy) is 1. The monoisotopic (exact) mass is 653 g/mol. The van der Waals surface area contributed by atoms with Crippen LogP contribution in [0.3, 0.4) is 0 Å². The molecule has 0 spiro atoms. The molecule has 2 aliphatic rings. The van der Waals surface area contributed by atoms with Gasteiger partial charge >= 0.3 is 18.4 Å². The summed E-state index contributed by atoms with van der Waals surface area (Å²) >= 11 is 0. The summed E-state index contributed by atoms with van der Waals surface area (Å²) in [6, 6.07) is 6.05. The Hall–Kier alpha value is -3.40. The van der Waals surface area contributed by atoms with Crippen LogP contribution in [0, 0.1) is 5.82 Å². The summed E-state index contributed by atoms with van der Waals surface area (Å²) in [7, 11) is -4.51. The number of sulfone groups is 1. The van der Waals surface area contributed by atoms with Crippen LogP contribution < -0.4 is 0 Å². The van der Waals surface area contributed by atoms with Gasteiger partial charge in [-0.25, -0.2) is 17.6 Å². The lowest BCUT2D eigenvalue weighted by Gasteiger charge is -2.38. The molecule has 0 N–H and O–H groups in total. The van der Waals surface area contributed by atoms with E-state index in [-0.39, 0.29) is 55.5 Å². The normalized spacial score (nSPS) is 20.2. The minimum atomic E-state index is -5.91. The molecule has 0 unspecified atom stereocenters. The summed E-state index contributed by atoms with van der Waals surface area (Å²) in [6.45, 7) is 1.72. The van der Waals surface area contributed by atoms with Crippen LogP contribution in [0.25, 0.3) is 0 Å². The summed E-state index contributed by atoms with van der Waals surface area (Å²) in [5, 5.41) is 0. The fraction of sp³-hybridized carbons (Fsp3) is 0.500. The average molecular weight is 654 g/mol. The van der Waals surface area contributed by atoms with E-state index < -0.39 is 63.1 Å². The van der Waals surface area contributed by atoms with E-state index in [4.69, 9.17) is 0 Å². The van der Waals surface area contributed by atoms with Crippen molar-refractivity contribution in [1.29, 1.82) is 0 Å². The van der Waals surface area contributed by atoms with Gasteiger partial charge in [-0.3, -0.25) is 4.79 Å². The number of amides is 3. The van der Waals surface area contributed by atoms with E-state index in [0.717, 1.165) is 43.3 Å². The minimum Gasteiger partial charge on any atom is -0.354 e. The SMILES string of the molecule is CCOC(c1ccc([C@]2(S(=O)(=O)c3ccc(F)cc3)CCN(C(=O)N3CCN(C(C)=O)CC3)C2)cc1)(C(F)(F)F)C(F)(F)F. The van der Waals surface area contributed by atoms with Gasteiger partial charge in [0.2, 0.25) is 5.91 Å². The number of benzene rings is 2. The Labute approximate surface area is 249 Å². The third-order valence-electron chi connectivity index (χ3n) is 8.11. The minimum absolute atomic E-state index is 0.109. The van der Waals surface area contributed by atoms with Gasteiger partial charge in [0.05, 0.1) is 4.90 Å². The van der Waals surface area contributed by atoms with Crippen molar-refractivity contribution in [3.8, 4) is 0 Å². The zero-order chi connectivity index (χ0) is 32.7. The van der Waals surface area contributed by atoms with Gasteiger partial charge in [0, 0.05) is 58.4 Å².